The van der Waals surface area contributed by atoms with Gasteiger partial charge in [0.1, 0.15) is 15.6 Å². The highest BCUT2D eigenvalue weighted by Crippen LogP contribution is 2.50. The maximum Gasteiger partial charge on any atom is 0.350 e. The Morgan fingerprint density at radius 3 is 2.65 bits per heavy atom. The Hall–Kier alpha value is -1.43. The molecule has 1 aromatic rings. The second kappa shape index (κ2) is 5.91. The fraction of sp³-hybridized carbons (Fsp3) is 0.643. The van der Waals surface area contributed by atoms with Crippen LogP contribution in [0.15, 0.2) is 0 Å². The molecular formula is C14H22N2O3S. The second-order valence-electron chi connectivity index (χ2n) is 5.13. The molecule has 0 atom stereocenters. The summed E-state index contributed by atoms with van der Waals surface area (Å²) in [6, 6.07) is 0. The highest BCUT2D eigenvalue weighted by molar-refractivity contribution is 7.19. The third-order valence-electron chi connectivity index (χ3n) is 3.90. The first-order chi connectivity index (χ1) is 9.56. The van der Waals surface area contributed by atoms with Crippen molar-refractivity contribution in [2.45, 2.75) is 33.1 Å². The van der Waals surface area contributed by atoms with Crippen LogP contribution in [0.1, 0.15) is 42.8 Å². The zero-order chi connectivity index (χ0) is 14.8. The van der Waals surface area contributed by atoms with Gasteiger partial charge in [0.25, 0.3) is 0 Å². The first-order valence-electron chi connectivity index (χ1n) is 6.94. The van der Waals surface area contributed by atoms with Gasteiger partial charge in [0.05, 0.1) is 13.7 Å². The molecule has 0 spiro atoms. The highest BCUT2D eigenvalue weighted by Gasteiger charge is 2.40. The molecule has 1 heterocycles. The van der Waals surface area contributed by atoms with Crippen molar-refractivity contribution in [2.75, 3.05) is 31.3 Å². The smallest absolute Gasteiger partial charge is 0.350 e. The number of nitrogens with one attached hydrogen (secondary N) is 1. The summed E-state index contributed by atoms with van der Waals surface area (Å²) in [5.74, 6) is 0.155. The number of anilines is 2. The molecule has 2 rings (SSSR count). The van der Waals surface area contributed by atoms with Crippen LogP contribution in [0.4, 0.5) is 10.7 Å². The fourth-order valence-corrected chi connectivity index (χ4v) is 3.18. The van der Waals surface area contributed by atoms with Crippen molar-refractivity contribution in [3.8, 4) is 5.75 Å². The first kappa shape index (κ1) is 15.0. The summed E-state index contributed by atoms with van der Waals surface area (Å²) in [5.41, 5.74) is 6.75. The number of nitrogen functional groups attached to an aromatic ring is 1. The molecule has 112 valence electrons. The molecule has 3 N–H and O–H groups in total. The minimum Gasteiger partial charge on any atom is -0.492 e. The molecule has 0 aromatic carbocycles. The molecule has 1 saturated carbocycles. The van der Waals surface area contributed by atoms with Crippen LogP contribution in [0.2, 0.25) is 0 Å². The summed E-state index contributed by atoms with van der Waals surface area (Å²) in [7, 11) is 1.56. The monoisotopic (exact) mass is 298 g/mol. The van der Waals surface area contributed by atoms with E-state index in [1.807, 2.05) is 0 Å². The Bertz CT molecular complexity index is 495. The van der Waals surface area contributed by atoms with Gasteiger partial charge in [-0.1, -0.05) is 6.92 Å². The van der Waals surface area contributed by atoms with E-state index < -0.39 is 5.97 Å². The lowest BCUT2D eigenvalue weighted by molar-refractivity contribution is 0.0533. The van der Waals surface area contributed by atoms with E-state index in [-0.39, 0.29) is 0 Å². The molecule has 1 aromatic heterocycles. The summed E-state index contributed by atoms with van der Waals surface area (Å²) in [6.45, 7) is 5.21. The zero-order valence-corrected chi connectivity index (χ0v) is 13.1. The summed E-state index contributed by atoms with van der Waals surface area (Å²) < 4.78 is 10.3. The number of esters is 1. The molecule has 0 saturated heterocycles. The summed E-state index contributed by atoms with van der Waals surface area (Å²) in [6.07, 6.45) is 3.67. The molecule has 1 fully saturated rings. The van der Waals surface area contributed by atoms with Gasteiger partial charge in [0.2, 0.25) is 0 Å². The van der Waals surface area contributed by atoms with E-state index in [1.54, 1.807) is 14.0 Å². The van der Waals surface area contributed by atoms with Gasteiger partial charge < -0.3 is 20.5 Å². The van der Waals surface area contributed by atoms with Crippen molar-refractivity contribution in [1.29, 1.82) is 0 Å². The van der Waals surface area contributed by atoms with Crippen LogP contribution in [0, 0.1) is 5.41 Å². The number of carbonyl (C=O) groups is 1. The molecule has 0 unspecified atom stereocenters. The molecule has 0 aliphatic heterocycles. The Labute approximate surface area is 123 Å². The zero-order valence-electron chi connectivity index (χ0n) is 12.2. The van der Waals surface area contributed by atoms with Crippen molar-refractivity contribution in [1.82, 2.24) is 0 Å². The van der Waals surface area contributed by atoms with Crippen molar-refractivity contribution in [2.24, 2.45) is 5.41 Å². The van der Waals surface area contributed by atoms with E-state index in [0.29, 0.717) is 28.3 Å². The average Bonchev–Trinajstić information content (AvgIpc) is 3.15. The molecule has 6 heteroatoms. The topological polar surface area (TPSA) is 73.6 Å². The minimum atomic E-state index is -0.391. The lowest BCUT2D eigenvalue weighted by Gasteiger charge is -2.14. The van der Waals surface area contributed by atoms with Crippen LogP contribution >= 0.6 is 11.3 Å². The first-order valence-corrected chi connectivity index (χ1v) is 7.75. The van der Waals surface area contributed by atoms with Crippen LogP contribution < -0.4 is 15.8 Å². The molecule has 0 radical (unpaired) electrons. The average molecular weight is 298 g/mol. The van der Waals surface area contributed by atoms with Crippen LogP contribution in [0.3, 0.4) is 0 Å². The van der Waals surface area contributed by atoms with E-state index in [2.05, 4.69) is 12.2 Å². The van der Waals surface area contributed by atoms with Crippen LogP contribution in [-0.2, 0) is 4.74 Å². The number of rotatable bonds is 7. The number of carbonyl (C=O) groups excluding carboxylic acids is 1. The van der Waals surface area contributed by atoms with Gasteiger partial charge in [-0.2, -0.15) is 0 Å². The maximum absolute atomic E-state index is 11.8. The molecule has 1 aliphatic rings. The van der Waals surface area contributed by atoms with Gasteiger partial charge in [0, 0.05) is 6.54 Å². The summed E-state index contributed by atoms with van der Waals surface area (Å²) in [5, 5.41) is 4.19. The van der Waals surface area contributed by atoms with E-state index in [0.717, 1.165) is 18.0 Å². The number of nitrogens with two attached hydrogens (primary N) is 1. The minimum absolute atomic E-state index is 0.334. The van der Waals surface area contributed by atoms with Crippen molar-refractivity contribution >= 4 is 28.0 Å². The predicted octanol–water partition coefficient (Wildman–Crippen LogP) is 3.12. The molecule has 5 nitrogen and oxygen atoms in total. The van der Waals surface area contributed by atoms with Gasteiger partial charge in [0.15, 0.2) is 5.75 Å². The third kappa shape index (κ3) is 2.85. The van der Waals surface area contributed by atoms with Crippen molar-refractivity contribution in [3.63, 3.8) is 0 Å². The lowest BCUT2D eigenvalue weighted by Crippen LogP contribution is -2.14. The van der Waals surface area contributed by atoms with Crippen LogP contribution in [0.5, 0.6) is 5.75 Å². The van der Waals surface area contributed by atoms with Crippen LogP contribution in [0.25, 0.3) is 0 Å². The summed E-state index contributed by atoms with van der Waals surface area (Å²) in [4.78, 5) is 12.3. The third-order valence-corrected chi connectivity index (χ3v) is 5.02. The molecule has 1 aliphatic carbocycles. The maximum atomic E-state index is 11.8. The SMILES string of the molecule is CCOC(=O)c1sc(NCC2(CC)CC2)c(OC)c1N. The Kier molecular flexibility index (Phi) is 4.42. The molecular weight excluding hydrogens is 276 g/mol. The quantitative estimate of drug-likeness (QED) is 0.757. The van der Waals surface area contributed by atoms with Gasteiger partial charge in [-0.3, -0.25) is 0 Å². The fourth-order valence-electron chi connectivity index (χ4n) is 2.20. The number of methoxy groups -OCH3 is 1. The standard InChI is InChI=1S/C14H22N2O3S/c1-4-14(6-7-14)8-16-12-10(18-3)9(15)11(20-12)13(17)19-5-2/h16H,4-8,15H2,1-3H3. The van der Waals surface area contributed by atoms with Gasteiger partial charge in [-0.25, -0.2) is 4.79 Å². The number of hydrogen-bond acceptors (Lipinski definition) is 6. The van der Waals surface area contributed by atoms with E-state index in [4.69, 9.17) is 15.2 Å². The number of hydrogen-bond donors (Lipinski definition) is 2. The van der Waals surface area contributed by atoms with Crippen molar-refractivity contribution in [3.05, 3.63) is 4.88 Å². The largest absolute Gasteiger partial charge is 0.492 e. The second-order valence-corrected chi connectivity index (χ2v) is 6.16. The van der Waals surface area contributed by atoms with Crippen LogP contribution in [-0.4, -0.2) is 26.2 Å². The summed E-state index contributed by atoms with van der Waals surface area (Å²) >= 11 is 1.30. The number of thiophene rings is 1. The Morgan fingerprint density at radius 1 is 1.45 bits per heavy atom. The highest BCUT2D eigenvalue weighted by atomic mass is 32.1. The molecule has 20 heavy (non-hydrogen) atoms. The van der Waals surface area contributed by atoms with E-state index >= 15 is 0 Å². The number of ether oxygens (including phenoxy) is 2. The molecule has 0 amide bonds. The van der Waals surface area contributed by atoms with Gasteiger partial charge in [-0.15, -0.1) is 11.3 Å². The van der Waals surface area contributed by atoms with Gasteiger partial charge >= 0.3 is 5.97 Å². The lowest BCUT2D eigenvalue weighted by atomic mass is 10.0. The van der Waals surface area contributed by atoms with Crippen molar-refractivity contribution < 1.29 is 14.3 Å². The van der Waals surface area contributed by atoms with E-state index in [9.17, 15) is 4.79 Å². The Morgan fingerprint density at radius 2 is 2.15 bits per heavy atom. The van der Waals surface area contributed by atoms with Gasteiger partial charge in [-0.05, 0) is 31.6 Å². The Balaban J connectivity index is 2.15. The predicted molar refractivity (Wildman–Crippen MR) is 81.7 cm³/mol. The molecule has 0 bridgehead atoms. The normalized spacial score (nSPS) is 15.8. The van der Waals surface area contributed by atoms with E-state index in [1.165, 1.54) is 24.2 Å².